The molecule has 2 N–H and O–H groups in total. The van der Waals surface area contributed by atoms with E-state index in [2.05, 4.69) is 39.7 Å². The molecule has 0 aromatic carbocycles. The number of anilines is 1. The summed E-state index contributed by atoms with van der Waals surface area (Å²) in [7, 11) is 2.07. The van der Waals surface area contributed by atoms with Crippen LogP contribution in [0.2, 0.25) is 0 Å². The molecule has 1 atom stereocenters. The Morgan fingerprint density at radius 3 is 3.16 bits per heavy atom. The summed E-state index contributed by atoms with van der Waals surface area (Å²) < 4.78 is 0.884. The number of nitrogens with one attached hydrogen (secondary N) is 2. The van der Waals surface area contributed by atoms with E-state index in [0.717, 1.165) is 36.0 Å². The summed E-state index contributed by atoms with van der Waals surface area (Å²) in [6.07, 6.45) is 2.16. The van der Waals surface area contributed by atoms with Crippen molar-refractivity contribution in [3.05, 3.63) is 0 Å². The number of likely N-dealkylation sites (tertiary alicyclic amines) is 1. The van der Waals surface area contributed by atoms with Crippen LogP contribution >= 0.6 is 23.1 Å². The molecular weight excluding hydrogens is 282 g/mol. The Kier molecular flexibility index (Phi) is 5.41. The number of hydrogen-bond donors (Lipinski definition) is 2. The Labute approximate surface area is 121 Å². The minimum absolute atomic E-state index is 0.190. The van der Waals surface area contributed by atoms with Crippen molar-refractivity contribution in [1.82, 2.24) is 20.4 Å². The summed E-state index contributed by atoms with van der Waals surface area (Å²) in [6, 6.07) is 0.0284. The third-order valence-corrected chi connectivity index (χ3v) is 4.71. The Hall–Kier alpha value is -0.860. The van der Waals surface area contributed by atoms with Gasteiger partial charge >= 0.3 is 6.03 Å². The van der Waals surface area contributed by atoms with E-state index in [9.17, 15) is 4.79 Å². The molecule has 1 aromatic rings. The van der Waals surface area contributed by atoms with Crippen LogP contribution in [0.25, 0.3) is 0 Å². The quantitative estimate of drug-likeness (QED) is 0.656. The molecule has 0 aliphatic carbocycles. The molecule has 1 aromatic heterocycles. The molecule has 0 spiro atoms. The highest BCUT2D eigenvalue weighted by Gasteiger charge is 2.19. The number of aromatic nitrogens is 2. The topological polar surface area (TPSA) is 70.1 Å². The zero-order valence-electron chi connectivity index (χ0n) is 11.2. The molecule has 0 unspecified atom stereocenters. The lowest BCUT2D eigenvalue weighted by Crippen LogP contribution is -2.47. The molecule has 0 saturated carbocycles. The average molecular weight is 301 g/mol. The van der Waals surface area contributed by atoms with Gasteiger partial charge in [-0.05, 0) is 32.2 Å². The average Bonchev–Trinajstić information content (AvgIpc) is 2.77. The molecule has 6 nitrogen and oxygen atoms in total. The van der Waals surface area contributed by atoms with Crippen LogP contribution in [-0.2, 0) is 0 Å². The van der Waals surface area contributed by atoms with Gasteiger partial charge in [-0.2, -0.15) is 0 Å². The molecule has 19 heavy (non-hydrogen) atoms. The van der Waals surface area contributed by atoms with Crippen molar-refractivity contribution in [1.29, 1.82) is 0 Å². The van der Waals surface area contributed by atoms with Crippen molar-refractivity contribution in [2.45, 2.75) is 30.1 Å². The molecule has 1 saturated heterocycles. The molecule has 1 fully saturated rings. The molecule has 0 radical (unpaired) electrons. The summed E-state index contributed by atoms with van der Waals surface area (Å²) in [4.78, 5) is 14.1. The lowest BCUT2D eigenvalue weighted by molar-refractivity contribution is 0.216. The maximum Gasteiger partial charge on any atom is 0.321 e. The molecular formula is C11H19N5OS2. The van der Waals surface area contributed by atoms with E-state index in [1.807, 2.05) is 0 Å². The van der Waals surface area contributed by atoms with Gasteiger partial charge in [-0.15, -0.1) is 10.2 Å². The van der Waals surface area contributed by atoms with Gasteiger partial charge in [0.05, 0.1) is 0 Å². The molecule has 2 heterocycles. The Morgan fingerprint density at radius 2 is 2.42 bits per heavy atom. The van der Waals surface area contributed by atoms with Crippen LogP contribution in [0.3, 0.4) is 0 Å². The van der Waals surface area contributed by atoms with Crippen LogP contribution < -0.4 is 10.6 Å². The number of likely N-dealkylation sites (N-methyl/N-ethyl adjacent to an activating group) is 1. The van der Waals surface area contributed by atoms with E-state index in [1.165, 1.54) is 11.3 Å². The SMILES string of the molecule is CCSc1nnc(NC(=O)N[C@@H]2CCCN(C)C2)s1. The van der Waals surface area contributed by atoms with Crippen molar-refractivity contribution in [2.24, 2.45) is 0 Å². The van der Waals surface area contributed by atoms with Gasteiger partial charge in [0.25, 0.3) is 0 Å². The number of rotatable bonds is 4. The van der Waals surface area contributed by atoms with Crippen molar-refractivity contribution >= 4 is 34.3 Å². The van der Waals surface area contributed by atoms with Crippen molar-refractivity contribution < 1.29 is 4.79 Å². The maximum absolute atomic E-state index is 11.8. The van der Waals surface area contributed by atoms with Gasteiger partial charge in [-0.25, -0.2) is 4.79 Å². The van der Waals surface area contributed by atoms with Crippen LogP contribution in [0.4, 0.5) is 9.93 Å². The van der Waals surface area contributed by atoms with E-state index in [1.54, 1.807) is 11.8 Å². The minimum atomic E-state index is -0.190. The molecule has 1 aliphatic heterocycles. The Morgan fingerprint density at radius 1 is 1.58 bits per heavy atom. The number of nitrogens with zero attached hydrogens (tertiary/aromatic N) is 3. The van der Waals surface area contributed by atoms with E-state index in [0.29, 0.717) is 5.13 Å². The predicted octanol–water partition coefficient (Wildman–Crippen LogP) is 1.87. The van der Waals surface area contributed by atoms with Crippen LogP contribution in [-0.4, -0.2) is 53.1 Å². The highest BCUT2D eigenvalue weighted by atomic mass is 32.2. The lowest BCUT2D eigenvalue weighted by Gasteiger charge is -2.29. The highest BCUT2D eigenvalue weighted by Crippen LogP contribution is 2.24. The number of carbonyl (C=O) groups is 1. The summed E-state index contributed by atoms with van der Waals surface area (Å²) >= 11 is 3.03. The number of amides is 2. The molecule has 0 bridgehead atoms. The summed E-state index contributed by atoms with van der Waals surface area (Å²) in [5.41, 5.74) is 0. The van der Waals surface area contributed by atoms with Gasteiger partial charge in [0.1, 0.15) is 0 Å². The van der Waals surface area contributed by atoms with Gasteiger partial charge in [0.15, 0.2) is 4.34 Å². The van der Waals surface area contributed by atoms with Crippen molar-refractivity contribution in [3.63, 3.8) is 0 Å². The fourth-order valence-electron chi connectivity index (χ4n) is 2.04. The van der Waals surface area contributed by atoms with Gasteiger partial charge < -0.3 is 10.2 Å². The normalized spacial score (nSPS) is 20.2. The predicted molar refractivity (Wildman–Crippen MR) is 79.0 cm³/mol. The lowest BCUT2D eigenvalue weighted by atomic mass is 10.1. The minimum Gasteiger partial charge on any atom is -0.334 e. The van der Waals surface area contributed by atoms with Gasteiger partial charge in [-0.1, -0.05) is 30.0 Å². The second-order valence-electron chi connectivity index (χ2n) is 4.51. The monoisotopic (exact) mass is 301 g/mol. The van der Waals surface area contributed by atoms with Crippen molar-refractivity contribution in [3.8, 4) is 0 Å². The smallest absolute Gasteiger partial charge is 0.321 e. The third-order valence-electron chi connectivity index (χ3n) is 2.85. The highest BCUT2D eigenvalue weighted by molar-refractivity contribution is 8.01. The molecule has 106 valence electrons. The first-order chi connectivity index (χ1) is 9.17. The molecule has 8 heteroatoms. The second kappa shape index (κ2) is 7.06. The summed E-state index contributed by atoms with van der Waals surface area (Å²) in [5, 5.41) is 14.2. The van der Waals surface area contributed by atoms with Gasteiger partial charge in [0, 0.05) is 12.6 Å². The van der Waals surface area contributed by atoms with E-state index in [-0.39, 0.29) is 12.1 Å². The number of hydrogen-bond acceptors (Lipinski definition) is 6. The summed E-state index contributed by atoms with van der Waals surface area (Å²) in [5.74, 6) is 0.954. The fraction of sp³-hybridized carbons (Fsp3) is 0.727. The van der Waals surface area contributed by atoms with Gasteiger partial charge in [0.2, 0.25) is 5.13 Å². The van der Waals surface area contributed by atoms with E-state index >= 15 is 0 Å². The first-order valence-electron chi connectivity index (χ1n) is 6.39. The van der Waals surface area contributed by atoms with Crippen LogP contribution in [0, 0.1) is 0 Å². The van der Waals surface area contributed by atoms with Crippen LogP contribution in [0.1, 0.15) is 19.8 Å². The standard InChI is InChI=1S/C11H19N5OS2/c1-3-18-11-15-14-10(19-11)13-9(17)12-8-5-4-6-16(2)7-8/h8H,3-7H2,1-2H3,(H2,12,13,14,17)/t8-/m1/s1. The Bertz CT molecular complexity index is 425. The zero-order valence-corrected chi connectivity index (χ0v) is 12.8. The molecule has 1 aliphatic rings. The largest absolute Gasteiger partial charge is 0.334 e. The second-order valence-corrected chi connectivity index (χ2v) is 6.99. The number of carbonyl (C=O) groups excluding carboxylic acids is 1. The molecule has 2 rings (SSSR count). The number of thioether (sulfide) groups is 1. The van der Waals surface area contributed by atoms with E-state index < -0.39 is 0 Å². The van der Waals surface area contributed by atoms with E-state index in [4.69, 9.17) is 0 Å². The molecule has 2 amide bonds. The summed E-state index contributed by atoms with van der Waals surface area (Å²) in [6.45, 7) is 4.07. The number of urea groups is 1. The first kappa shape index (κ1) is 14.5. The number of piperidine rings is 1. The van der Waals surface area contributed by atoms with Gasteiger partial charge in [-0.3, -0.25) is 5.32 Å². The van der Waals surface area contributed by atoms with Crippen LogP contribution in [0.15, 0.2) is 4.34 Å². The first-order valence-corrected chi connectivity index (χ1v) is 8.20. The Balaban J connectivity index is 1.79. The zero-order chi connectivity index (χ0) is 13.7. The van der Waals surface area contributed by atoms with Crippen molar-refractivity contribution in [2.75, 3.05) is 31.2 Å². The van der Waals surface area contributed by atoms with Crippen LogP contribution in [0.5, 0.6) is 0 Å². The maximum atomic E-state index is 11.8. The fourth-order valence-corrected chi connectivity index (χ4v) is 3.69. The third kappa shape index (κ3) is 4.63.